The van der Waals surface area contributed by atoms with Crippen LogP contribution in [-0.2, 0) is 12.8 Å². The van der Waals surface area contributed by atoms with Crippen molar-refractivity contribution in [2.75, 3.05) is 0 Å². The SMILES string of the molecule is CCCCCc1ccc2cc(-c3ccc(CCC)cc3)ccc2c1F. The first-order valence-corrected chi connectivity index (χ1v) is 9.53. The van der Waals surface area contributed by atoms with Crippen molar-refractivity contribution in [3.63, 3.8) is 0 Å². The van der Waals surface area contributed by atoms with Crippen molar-refractivity contribution < 1.29 is 4.39 Å². The second-order valence-electron chi connectivity index (χ2n) is 6.88. The van der Waals surface area contributed by atoms with Gasteiger partial charge in [-0.15, -0.1) is 0 Å². The van der Waals surface area contributed by atoms with E-state index in [0.29, 0.717) is 0 Å². The van der Waals surface area contributed by atoms with E-state index in [9.17, 15) is 4.39 Å². The number of halogens is 1. The molecule has 3 rings (SSSR count). The number of unbranched alkanes of at least 4 members (excludes halogenated alkanes) is 2. The van der Waals surface area contributed by atoms with Crippen molar-refractivity contribution in [1.29, 1.82) is 0 Å². The predicted molar refractivity (Wildman–Crippen MR) is 107 cm³/mol. The molecule has 0 fully saturated rings. The highest BCUT2D eigenvalue weighted by Gasteiger charge is 2.08. The fourth-order valence-corrected chi connectivity index (χ4v) is 3.43. The molecule has 3 aromatic carbocycles. The van der Waals surface area contributed by atoms with Crippen LogP contribution in [0, 0.1) is 5.82 Å². The Morgan fingerprint density at radius 3 is 2.20 bits per heavy atom. The molecule has 0 saturated carbocycles. The van der Waals surface area contributed by atoms with Gasteiger partial charge in [0.15, 0.2) is 0 Å². The maximum absolute atomic E-state index is 14.8. The zero-order valence-electron chi connectivity index (χ0n) is 15.3. The van der Waals surface area contributed by atoms with E-state index in [4.69, 9.17) is 0 Å². The first-order chi connectivity index (χ1) is 12.2. The lowest BCUT2D eigenvalue weighted by atomic mass is 9.97. The van der Waals surface area contributed by atoms with Crippen LogP contribution < -0.4 is 0 Å². The molecule has 0 bridgehead atoms. The lowest BCUT2D eigenvalue weighted by molar-refractivity contribution is 0.609. The summed E-state index contributed by atoms with van der Waals surface area (Å²) in [7, 11) is 0. The van der Waals surface area contributed by atoms with Gasteiger partial charge < -0.3 is 0 Å². The third-order valence-electron chi connectivity index (χ3n) is 4.91. The number of fused-ring (bicyclic) bond motifs is 1. The van der Waals surface area contributed by atoms with E-state index in [-0.39, 0.29) is 5.82 Å². The van der Waals surface area contributed by atoms with Crippen LogP contribution in [0.25, 0.3) is 21.9 Å². The molecule has 0 amide bonds. The summed E-state index contributed by atoms with van der Waals surface area (Å²) in [6, 6.07) is 18.8. The second kappa shape index (κ2) is 8.29. The highest BCUT2D eigenvalue weighted by Crippen LogP contribution is 2.28. The maximum atomic E-state index is 14.8. The molecule has 0 aliphatic rings. The van der Waals surface area contributed by atoms with Crippen LogP contribution >= 0.6 is 0 Å². The molecule has 0 N–H and O–H groups in total. The van der Waals surface area contributed by atoms with Gasteiger partial charge in [0.2, 0.25) is 0 Å². The molecule has 1 heteroatoms. The van der Waals surface area contributed by atoms with Crippen molar-refractivity contribution in [2.24, 2.45) is 0 Å². The van der Waals surface area contributed by atoms with Crippen LogP contribution in [0.3, 0.4) is 0 Å². The summed E-state index contributed by atoms with van der Waals surface area (Å²) in [4.78, 5) is 0. The van der Waals surface area contributed by atoms with E-state index < -0.39 is 0 Å². The van der Waals surface area contributed by atoms with Gasteiger partial charge in [-0.25, -0.2) is 4.39 Å². The lowest BCUT2D eigenvalue weighted by Gasteiger charge is -2.09. The lowest BCUT2D eigenvalue weighted by Crippen LogP contribution is -1.93. The van der Waals surface area contributed by atoms with Crippen molar-refractivity contribution in [1.82, 2.24) is 0 Å². The molecule has 3 aromatic rings. The van der Waals surface area contributed by atoms with Crippen LogP contribution in [0.15, 0.2) is 54.6 Å². The van der Waals surface area contributed by atoms with Gasteiger partial charge in [-0.1, -0.05) is 81.6 Å². The van der Waals surface area contributed by atoms with Crippen LogP contribution in [0.2, 0.25) is 0 Å². The van der Waals surface area contributed by atoms with E-state index in [1.807, 2.05) is 18.2 Å². The van der Waals surface area contributed by atoms with Gasteiger partial charge in [0, 0.05) is 5.39 Å². The summed E-state index contributed by atoms with van der Waals surface area (Å²) in [6.45, 7) is 4.37. The molecule has 0 unspecified atom stereocenters. The topological polar surface area (TPSA) is 0 Å². The molecule has 0 radical (unpaired) electrons. The Balaban J connectivity index is 1.88. The summed E-state index contributed by atoms with van der Waals surface area (Å²) < 4.78 is 14.8. The predicted octanol–water partition coefficient (Wildman–Crippen LogP) is 7.33. The van der Waals surface area contributed by atoms with Crippen LogP contribution in [0.5, 0.6) is 0 Å². The fraction of sp³-hybridized carbons (Fsp3) is 0.333. The Hall–Kier alpha value is -2.15. The Morgan fingerprint density at radius 1 is 0.720 bits per heavy atom. The monoisotopic (exact) mass is 334 g/mol. The highest BCUT2D eigenvalue weighted by atomic mass is 19.1. The van der Waals surface area contributed by atoms with Gasteiger partial charge in [-0.3, -0.25) is 0 Å². The van der Waals surface area contributed by atoms with Crippen LogP contribution in [0.4, 0.5) is 4.39 Å². The van der Waals surface area contributed by atoms with Crippen molar-refractivity contribution in [3.8, 4) is 11.1 Å². The molecular formula is C24H27F. The normalized spacial score (nSPS) is 11.2. The molecule has 0 atom stereocenters. The number of hydrogen-bond donors (Lipinski definition) is 0. The molecule has 25 heavy (non-hydrogen) atoms. The van der Waals surface area contributed by atoms with Gasteiger partial charge in [0.05, 0.1) is 0 Å². The molecule has 0 aromatic heterocycles. The minimum atomic E-state index is -0.0431. The maximum Gasteiger partial charge on any atom is 0.134 e. The number of aryl methyl sites for hydroxylation is 2. The average Bonchev–Trinajstić information content (AvgIpc) is 2.64. The highest BCUT2D eigenvalue weighted by molar-refractivity contribution is 5.88. The number of hydrogen-bond acceptors (Lipinski definition) is 0. The van der Waals surface area contributed by atoms with Crippen LogP contribution in [-0.4, -0.2) is 0 Å². The molecule has 130 valence electrons. The largest absolute Gasteiger partial charge is 0.206 e. The summed E-state index contributed by atoms with van der Waals surface area (Å²) >= 11 is 0. The fourth-order valence-electron chi connectivity index (χ4n) is 3.43. The number of benzene rings is 3. The van der Waals surface area contributed by atoms with E-state index >= 15 is 0 Å². The van der Waals surface area contributed by atoms with Gasteiger partial charge >= 0.3 is 0 Å². The van der Waals surface area contributed by atoms with E-state index in [0.717, 1.165) is 60.4 Å². The zero-order chi connectivity index (χ0) is 17.6. The molecule has 0 heterocycles. The molecule has 0 spiro atoms. The molecule has 0 nitrogen and oxygen atoms in total. The van der Waals surface area contributed by atoms with E-state index in [1.165, 1.54) is 11.1 Å². The molecule has 0 aliphatic heterocycles. The van der Waals surface area contributed by atoms with Gasteiger partial charge in [-0.2, -0.15) is 0 Å². The Morgan fingerprint density at radius 2 is 1.48 bits per heavy atom. The van der Waals surface area contributed by atoms with Gasteiger partial charge in [0.25, 0.3) is 0 Å². The summed E-state index contributed by atoms with van der Waals surface area (Å²) in [5, 5.41) is 1.72. The minimum Gasteiger partial charge on any atom is -0.206 e. The second-order valence-corrected chi connectivity index (χ2v) is 6.88. The minimum absolute atomic E-state index is 0.0431. The average molecular weight is 334 g/mol. The summed E-state index contributed by atoms with van der Waals surface area (Å²) in [6.07, 6.45) is 6.48. The van der Waals surface area contributed by atoms with Crippen LogP contribution in [0.1, 0.15) is 50.7 Å². The Bertz CT molecular complexity index is 831. The quantitative estimate of drug-likeness (QED) is 0.397. The smallest absolute Gasteiger partial charge is 0.134 e. The first kappa shape index (κ1) is 17.7. The third kappa shape index (κ3) is 4.10. The van der Waals surface area contributed by atoms with Crippen molar-refractivity contribution in [3.05, 3.63) is 71.5 Å². The van der Waals surface area contributed by atoms with Gasteiger partial charge in [0.1, 0.15) is 5.82 Å². The first-order valence-electron chi connectivity index (χ1n) is 9.53. The number of rotatable bonds is 7. The molecule has 0 saturated heterocycles. The van der Waals surface area contributed by atoms with E-state index in [1.54, 1.807) is 0 Å². The van der Waals surface area contributed by atoms with Crippen molar-refractivity contribution >= 4 is 10.8 Å². The molecule has 0 aliphatic carbocycles. The summed E-state index contributed by atoms with van der Waals surface area (Å²) in [5.74, 6) is -0.0431. The Labute approximate surface area is 150 Å². The molecular weight excluding hydrogens is 307 g/mol. The van der Waals surface area contributed by atoms with Gasteiger partial charge in [-0.05, 0) is 53.0 Å². The van der Waals surface area contributed by atoms with Crippen molar-refractivity contribution in [2.45, 2.75) is 52.4 Å². The Kier molecular flexibility index (Phi) is 5.86. The third-order valence-corrected chi connectivity index (χ3v) is 4.91. The zero-order valence-corrected chi connectivity index (χ0v) is 15.3. The van der Waals surface area contributed by atoms with E-state index in [2.05, 4.69) is 50.2 Å². The summed E-state index contributed by atoms with van der Waals surface area (Å²) in [5.41, 5.74) is 4.55. The standard InChI is InChI=1S/C24H27F/c1-3-5-6-8-20-13-14-22-17-21(15-16-23(22)24(20)25)19-11-9-18(7-4-2)10-12-19/h9-17H,3-8H2,1-2H3.